The van der Waals surface area contributed by atoms with Crippen molar-refractivity contribution < 1.29 is 38.6 Å². The summed E-state index contributed by atoms with van der Waals surface area (Å²) in [4.78, 5) is 13.0. The van der Waals surface area contributed by atoms with E-state index in [9.17, 15) is 20.1 Å². The van der Waals surface area contributed by atoms with Gasteiger partial charge in [-0.05, 0) is 59.2 Å². The third kappa shape index (κ3) is 11.1. The zero-order valence-electron chi connectivity index (χ0n) is 28.0. The molecule has 1 aliphatic heterocycles. The highest BCUT2D eigenvalue weighted by Gasteiger charge is 2.71. The number of hydrogen-bond donors (Lipinski definition) is 3. The van der Waals surface area contributed by atoms with Crippen LogP contribution in [0.3, 0.4) is 0 Å². The highest BCUT2D eigenvalue weighted by atomic mass is 33.1. The monoisotopic (exact) mass is 986 g/mol. The van der Waals surface area contributed by atoms with Crippen molar-refractivity contribution >= 4 is 144 Å². The van der Waals surface area contributed by atoms with Gasteiger partial charge < -0.3 is 33.8 Å². The minimum atomic E-state index is -1.39. The van der Waals surface area contributed by atoms with Crippen LogP contribution in [0.15, 0.2) is 11.6 Å². The van der Waals surface area contributed by atoms with Gasteiger partial charge in [0.1, 0.15) is 11.7 Å². The first-order chi connectivity index (χ1) is 22.0. The number of carbonyl (C=O) groups is 1. The van der Waals surface area contributed by atoms with Crippen LogP contribution in [-0.4, -0.2) is 70.1 Å². The second-order valence-electron chi connectivity index (χ2n) is 13.3. The second kappa shape index (κ2) is 20.5. The van der Waals surface area contributed by atoms with Crippen LogP contribution in [0.25, 0.3) is 0 Å². The third-order valence-corrected chi connectivity index (χ3v) is 79.4. The average molecular weight is 986 g/mol. The normalized spacial score (nSPS) is 35.5. The molecule has 1 heterocycles. The molecule has 8 nitrogen and oxygen atoms in total. The minimum absolute atomic E-state index is 0.0583. The van der Waals surface area contributed by atoms with Crippen molar-refractivity contribution in [1.82, 2.24) is 0 Å². The summed E-state index contributed by atoms with van der Waals surface area (Å²) in [6.07, 6.45) is -1.52. The number of ether oxygens (including phenoxy) is 2. The number of rotatable bonds is 15. The molecule has 0 bridgehead atoms. The fourth-order valence-corrected chi connectivity index (χ4v) is 107. The number of aliphatic hydroxyl groups is 3. The van der Waals surface area contributed by atoms with E-state index in [-0.39, 0.29) is 19.5 Å². The molecule has 2 fully saturated rings. The first kappa shape index (κ1) is 48.6. The predicted octanol–water partition coefficient (Wildman–Crippen LogP) is 11.1. The lowest BCUT2D eigenvalue weighted by molar-refractivity contribution is -0.347. The van der Waals surface area contributed by atoms with Crippen LogP contribution >= 0.6 is 138 Å². The van der Waals surface area contributed by atoms with Gasteiger partial charge in [0, 0.05) is 37.6 Å². The number of hydrogen-bond acceptors (Lipinski definition) is 8. The maximum atomic E-state index is 13.0. The smallest absolute Gasteiger partial charge is 0.302 e. The molecule has 0 spiro atoms. The van der Waals surface area contributed by atoms with Crippen molar-refractivity contribution in [3.8, 4) is 0 Å². The maximum Gasteiger partial charge on any atom is 0.302 e. The number of fused-ring (bicyclic) bond motifs is 1. The van der Waals surface area contributed by atoms with Crippen LogP contribution in [0.4, 0.5) is 0 Å². The molecule has 0 amide bonds. The Bertz CT molecular complexity index is 1130. The van der Waals surface area contributed by atoms with Gasteiger partial charge >= 0.3 is 5.97 Å². The predicted molar refractivity (Wildman–Crippen MR) is 254 cm³/mol. The first-order valence-corrected chi connectivity index (χ1v) is 44.3. The van der Waals surface area contributed by atoms with Gasteiger partial charge in [-0.3, -0.25) is 4.79 Å². The van der Waals surface area contributed by atoms with Crippen LogP contribution in [0.2, 0.25) is 0 Å². The molecule has 0 aromatic heterocycles. The molecule has 0 radical (unpaired) electrons. The molecule has 1 saturated heterocycles. The fourth-order valence-electron chi connectivity index (χ4n) is 7.40. The van der Waals surface area contributed by atoms with Gasteiger partial charge in [-0.15, -0.1) is 80.4 Å². The molecular formula is C23H55O8P17. The van der Waals surface area contributed by atoms with Crippen molar-refractivity contribution in [2.24, 2.45) is 22.7 Å². The highest BCUT2D eigenvalue weighted by Crippen LogP contribution is 3.09. The van der Waals surface area contributed by atoms with Crippen LogP contribution in [0.1, 0.15) is 54.4 Å². The standard InChI is InChI=1S/C23H55O8P17/c1-11-9-21(4,5)14(7-15(11)25)18(29-13(3)24)19-22(6,20(26)12(2)30-43(46(37)38)48(41-32)47(39)40)16(8-17-23(19,27)10-28-17)31-42(44(33)34)45(35)36/h9,12,14-20,25-27,41H,7-8,10,32-40H2,1-6H3/t12-,14?,15+,16+,17-,18?,19?,20-,22-,23+,43?,48?/m1/s1. The lowest BCUT2D eigenvalue weighted by atomic mass is 9.49. The number of carbonyl (C=O) groups excluding carboxylic acids is 1. The van der Waals surface area contributed by atoms with E-state index in [4.69, 9.17) is 18.5 Å². The summed E-state index contributed by atoms with van der Waals surface area (Å²) in [5, 5.41) is 36.7. The van der Waals surface area contributed by atoms with Crippen molar-refractivity contribution in [3.63, 3.8) is 0 Å². The first-order valence-electron chi connectivity index (χ1n) is 15.0. The Kier molecular flexibility index (Phi) is 20.8. The molecule has 3 rings (SSSR count). The number of allylic oxidation sites excluding steroid dienone is 1. The molecule has 48 heavy (non-hydrogen) atoms. The molecule has 0 aromatic carbocycles. The SMILES string of the molecule is CC(=O)OC(C1C[C@H](O)C(C)=CC1(C)C)C1[C@](C)([C@H](O)[C@@H](C)OP(P(P)P)P(PP)P(P)P)[C@@H](OP(P(P)P)P(P)P)C[C@H]2OC[C@@]12O. The molecule has 280 valence electrons. The Hall–Kier alpha value is 6.28. The summed E-state index contributed by atoms with van der Waals surface area (Å²) >= 11 is 0. The van der Waals surface area contributed by atoms with Crippen molar-refractivity contribution in [3.05, 3.63) is 11.6 Å². The molecular weight excluding hydrogens is 931 g/mol. The zero-order chi connectivity index (χ0) is 36.7. The van der Waals surface area contributed by atoms with Crippen LogP contribution < -0.4 is 0 Å². The van der Waals surface area contributed by atoms with Crippen LogP contribution in [0, 0.1) is 22.7 Å². The van der Waals surface area contributed by atoms with E-state index in [0.717, 1.165) is 5.57 Å². The summed E-state index contributed by atoms with van der Waals surface area (Å²) in [6, 6.07) is 0. The maximum absolute atomic E-state index is 13.0. The average Bonchev–Trinajstić information content (AvgIpc) is 2.95. The lowest BCUT2D eigenvalue weighted by Crippen LogP contribution is -2.78. The third-order valence-electron chi connectivity index (χ3n) is 9.64. The Morgan fingerprint density at radius 2 is 1.58 bits per heavy atom. The number of esters is 1. The Morgan fingerprint density at radius 1 is 1.02 bits per heavy atom. The molecule has 3 N–H and O–H groups in total. The van der Waals surface area contributed by atoms with Crippen molar-refractivity contribution in [2.45, 2.75) is 96.6 Å². The Morgan fingerprint density at radius 3 is 2.02 bits per heavy atom. The van der Waals surface area contributed by atoms with E-state index in [1.54, 1.807) is 0 Å². The van der Waals surface area contributed by atoms with E-state index >= 15 is 0 Å². The van der Waals surface area contributed by atoms with Gasteiger partial charge in [0.2, 0.25) is 0 Å². The van der Waals surface area contributed by atoms with Gasteiger partial charge in [0.05, 0.1) is 52.2 Å². The van der Waals surface area contributed by atoms with E-state index in [2.05, 4.69) is 100 Å². The van der Waals surface area contributed by atoms with Gasteiger partial charge in [-0.25, -0.2) is 0 Å². The lowest BCUT2D eigenvalue weighted by Gasteiger charge is -2.66. The van der Waals surface area contributed by atoms with E-state index in [0.29, 0.717) is 20.8 Å². The summed E-state index contributed by atoms with van der Waals surface area (Å²) in [5.74, 6) is -1.60. The second-order valence-corrected chi connectivity index (χ2v) is 71.4. The van der Waals surface area contributed by atoms with Crippen molar-refractivity contribution in [2.75, 3.05) is 6.61 Å². The quantitative estimate of drug-likeness (QED) is 0.0845. The Balaban J connectivity index is 2.27. The fraction of sp³-hybridized carbons (Fsp3) is 0.870. The minimum Gasteiger partial charge on any atom is -0.462 e. The molecule has 22 atom stereocenters. The van der Waals surface area contributed by atoms with E-state index in [1.165, 1.54) is 6.92 Å². The molecule has 2 aliphatic carbocycles. The summed E-state index contributed by atoms with van der Waals surface area (Å²) in [7, 11) is 25.3. The topological polar surface area (TPSA) is 115 Å². The molecule has 15 unspecified atom stereocenters. The van der Waals surface area contributed by atoms with E-state index in [1.807, 2.05) is 20.8 Å². The largest absolute Gasteiger partial charge is 0.462 e. The van der Waals surface area contributed by atoms with Gasteiger partial charge in [-0.2, -0.15) is 0 Å². The molecule has 0 aromatic rings. The van der Waals surface area contributed by atoms with E-state index < -0.39 is 108 Å². The summed E-state index contributed by atoms with van der Waals surface area (Å²) < 4.78 is 26.6. The molecule has 25 heteroatoms. The van der Waals surface area contributed by atoms with Crippen LogP contribution in [-0.2, 0) is 23.3 Å². The van der Waals surface area contributed by atoms with Gasteiger partial charge in [-0.1, -0.05) is 34.8 Å². The number of aliphatic hydroxyl groups excluding tert-OH is 2. The summed E-state index contributed by atoms with van der Waals surface area (Å²) in [6.45, 7) is 8.82. The Labute approximate surface area is 318 Å². The molecule has 1 saturated carbocycles. The van der Waals surface area contributed by atoms with Gasteiger partial charge in [0.15, 0.2) is 0 Å². The van der Waals surface area contributed by atoms with Gasteiger partial charge in [0.25, 0.3) is 0 Å². The van der Waals surface area contributed by atoms with Crippen molar-refractivity contribution in [1.29, 1.82) is 0 Å². The van der Waals surface area contributed by atoms with Crippen LogP contribution in [0.5, 0.6) is 0 Å². The highest BCUT2D eigenvalue weighted by molar-refractivity contribution is 9.10. The zero-order valence-corrected chi connectivity index (χ0v) is 45.7. The summed E-state index contributed by atoms with van der Waals surface area (Å²) in [5.41, 5.74) is -2.13. The molecule has 3 aliphatic rings.